The van der Waals surface area contributed by atoms with Crippen molar-refractivity contribution >= 4 is 38.9 Å². The maximum Gasteiger partial charge on any atom is 0.254 e. The van der Waals surface area contributed by atoms with Crippen LogP contribution in [0, 0.1) is 0 Å². The second kappa shape index (κ2) is 10.8. The molecule has 0 fully saturated rings. The van der Waals surface area contributed by atoms with Crippen molar-refractivity contribution in [2.75, 3.05) is 18.1 Å². The van der Waals surface area contributed by atoms with Gasteiger partial charge in [0.25, 0.3) is 5.91 Å². The van der Waals surface area contributed by atoms with Gasteiger partial charge in [0.2, 0.25) is 5.91 Å². The summed E-state index contributed by atoms with van der Waals surface area (Å²) in [6.07, 6.45) is 0.106. The van der Waals surface area contributed by atoms with Crippen molar-refractivity contribution in [1.82, 2.24) is 4.90 Å². The van der Waals surface area contributed by atoms with E-state index in [1.807, 2.05) is 19.1 Å². The topological polar surface area (TPSA) is 83.5 Å². The first-order chi connectivity index (χ1) is 16.1. The van der Waals surface area contributed by atoms with Crippen LogP contribution in [-0.4, -0.2) is 37.9 Å². The second-order valence-electron chi connectivity index (χ2n) is 7.99. The van der Waals surface area contributed by atoms with Gasteiger partial charge in [0.05, 0.1) is 23.1 Å². The van der Waals surface area contributed by atoms with Crippen LogP contribution in [0.5, 0.6) is 0 Å². The average Bonchev–Trinajstić information content (AvgIpc) is 2.84. The molecule has 8 heteroatoms. The van der Waals surface area contributed by atoms with Gasteiger partial charge in [-0.3, -0.25) is 9.59 Å². The van der Waals surface area contributed by atoms with E-state index in [1.54, 1.807) is 67.4 Å². The number of rotatable bonds is 8. The van der Waals surface area contributed by atoms with Crippen molar-refractivity contribution in [3.63, 3.8) is 0 Å². The van der Waals surface area contributed by atoms with Gasteiger partial charge in [-0.2, -0.15) is 0 Å². The molecule has 0 saturated heterocycles. The molecule has 2 amide bonds. The van der Waals surface area contributed by atoms with E-state index in [1.165, 1.54) is 12.1 Å². The number of hydrogen-bond acceptors (Lipinski definition) is 4. The second-order valence-corrected chi connectivity index (χ2v) is 10.7. The molecule has 178 valence electrons. The Morgan fingerprint density at radius 1 is 0.941 bits per heavy atom. The predicted octanol–water partition coefficient (Wildman–Crippen LogP) is 5.15. The number of carbonyl (C=O) groups is 2. The summed E-state index contributed by atoms with van der Waals surface area (Å²) in [6, 6.07) is 20.3. The van der Waals surface area contributed by atoms with Gasteiger partial charge in [-0.15, -0.1) is 0 Å². The standard InChI is InChI=1S/C26H27ClN2O4S/c1-4-34(32,33)24-15-5-19(6-16-24)17-25(30)28-23-13-9-21(10-14-23)26(31)29(3)18(2)20-7-11-22(27)12-8-20/h5-16,18H,4,17H2,1-3H3,(H,28,30)/t18-/m1/s1. The summed E-state index contributed by atoms with van der Waals surface area (Å²) in [5, 5.41) is 3.44. The first kappa shape index (κ1) is 25.5. The third kappa shape index (κ3) is 6.24. The van der Waals surface area contributed by atoms with Crippen LogP contribution < -0.4 is 5.32 Å². The minimum Gasteiger partial charge on any atom is -0.335 e. The highest BCUT2D eigenvalue weighted by Crippen LogP contribution is 2.23. The molecule has 0 unspecified atom stereocenters. The van der Waals surface area contributed by atoms with E-state index in [-0.39, 0.29) is 34.9 Å². The molecule has 0 spiro atoms. The van der Waals surface area contributed by atoms with Crippen LogP contribution in [0.3, 0.4) is 0 Å². The summed E-state index contributed by atoms with van der Waals surface area (Å²) in [5.74, 6) is -0.345. The van der Waals surface area contributed by atoms with E-state index in [9.17, 15) is 18.0 Å². The lowest BCUT2D eigenvalue weighted by atomic mass is 10.1. The lowest BCUT2D eigenvalue weighted by molar-refractivity contribution is -0.115. The predicted molar refractivity (Wildman–Crippen MR) is 135 cm³/mol. The van der Waals surface area contributed by atoms with Crippen LogP contribution in [0.2, 0.25) is 5.02 Å². The quantitative estimate of drug-likeness (QED) is 0.465. The largest absolute Gasteiger partial charge is 0.335 e. The minimum atomic E-state index is -3.27. The lowest BCUT2D eigenvalue weighted by Gasteiger charge is -2.25. The Labute approximate surface area is 205 Å². The lowest BCUT2D eigenvalue weighted by Crippen LogP contribution is -2.29. The SMILES string of the molecule is CCS(=O)(=O)c1ccc(CC(=O)Nc2ccc(C(=O)N(C)[C@H](C)c3ccc(Cl)cc3)cc2)cc1. The van der Waals surface area contributed by atoms with Gasteiger partial charge in [0, 0.05) is 23.3 Å². The highest BCUT2D eigenvalue weighted by atomic mass is 35.5. The van der Waals surface area contributed by atoms with Crippen LogP contribution in [0.1, 0.15) is 41.4 Å². The van der Waals surface area contributed by atoms with Crippen molar-refractivity contribution < 1.29 is 18.0 Å². The third-order valence-corrected chi connectivity index (χ3v) is 7.70. The Balaban J connectivity index is 1.60. The van der Waals surface area contributed by atoms with E-state index in [2.05, 4.69) is 5.32 Å². The molecule has 6 nitrogen and oxygen atoms in total. The summed E-state index contributed by atoms with van der Waals surface area (Å²) >= 11 is 5.95. The van der Waals surface area contributed by atoms with Gasteiger partial charge in [0.15, 0.2) is 9.84 Å². The molecule has 0 heterocycles. The zero-order valence-electron chi connectivity index (χ0n) is 19.3. The Hall–Kier alpha value is -3.16. The van der Waals surface area contributed by atoms with Crippen molar-refractivity contribution in [3.8, 4) is 0 Å². The number of carbonyl (C=O) groups excluding carboxylic acids is 2. The van der Waals surface area contributed by atoms with Gasteiger partial charge in [-0.05, 0) is 66.6 Å². The van der Waals surface area contributed by atoms with Crippen LogP contribution in [0.4, 0.5) is 5.69 Å². The van der Waals surface area contributed by atoms with Gasteiger partial charge in [-0.25, -0.2) is 8.42 Å². The Morgan fingerprint density at radius 3 is 2.09 bits per heavy atom. The smallest absolute Gasteiger partial charge is 0.254 e. The molecular formula is C26H27ClN2O4S. The van der Waals surface area contributed by atoms with Crippen molar-refractivity contribution in [2.45, 2.75) is 31.2 Å². The molecule has 0 bridgehead atoms. The van der Waals surface area contributed by atoms with Crippen molar-refractivity contribution in [2.24, 2.45) is 0 Å². The number of benzene rings is 3. The maximum atomic E-state index is 12.9. The summed E-state index contributed by atoms with van der Waals surface area (Å²) in [4.78, 5) is 27.2. The Bertz CT molecular complexity index is 1260. The molecule has 0 aliphatic carbocycles. The van der Waals surface area contributed by atoms with Gasteiger partial charge in [0.1, 0.15) is 0 Å². The van der Waals surface area contributed by atoms with Crippen LogP contribution in [0.25, 0.3) is 0 Å². The van der Waals surface area contributed by atoms with Gasteiger partial charge >= 0.3 is 0 Å². The number of hydrogen-bond donors (Lipinski definition) is 1. The molecule has 0 radical (unpaired) electrons. The number of halogens is 1. The highest BCUT2D eigenvalue weighted by Gasteiger charge is 2.19. The third-order valence-electron chi connectivity index (χ3n) is 5.70. The molecule has 0 aliphatic rings. The summed E-state index contributed by atoms with van der Waals surface area (Å²) in [7, 11) is -1.52. The molecule has 0 saturated carbocycles. The molecule has 0 aliphatic heterocycles. The molecule has 3 rings (SSSR count). The van der Waals surface area contributed by atoms with E-state index < -0.39 is 9.84 Å². The fraction of sp³-hybridized carbons (Fsp3) is 0.231. The summed E-state index contributed by atoms with van der Waals surface area (Å²) in [5.41, 5.74) is 2.76. The van der Waals surface area contributed by atoms with E-state index in [0.717, 1.165) is 5.56 Å². The monoisotopic (exact) mass is 498 g/mol. The maximum absolute atomic E-state index is 12.9. The zero-order chi connectivity index (χ0) is 24.9. The van der Waals surface area contributed by atoms with Gasteiger partial charge < -0.3 is 10.2 Å². The molecule has 1 atom stereocenters. The molecule has 3 aromatic carbocycles. The fourth-order valence-corrected chi connectivity index (χ4v) is 4.42. The highest BCUT2D eigenvalue weighted by molar-refractivity contribution is 7.91. The Morgan fingerprint density at radius 2 is 1.53 bits per heavy atom. The number of sulfone groups is 1. The Kier molecular flexibility index (Phi) is 8.12. The van der Waals surface area contributed by atoms with Crippen LogP contribution >= 0.6 is 11.6 Å². The van der Waals surface area contributed by atoms with Gasteiger partial charge in [-0.1, -0.05) is 42.8 Å². The average molecular weight is 499 g/mol. The number of amides is 2. The first-order valence-electron chi connectivity index (χ1n) is 10.8. The van der Waals surface area contributed by atoms with E-state index >= 15 is 0 Å². The number of nitrogens with one attached hydrogen (secondary N) is 1. The van der Waals surface area contributed by atoms with E-state index in [0.29, 0.717) is 21.8 Å². The summed E-state index contributed by atoms with van der Waals surface area (Å²) in [6.45, 7) is 3.54. The molecule has 34 heavy (non-hydrogen) atoms. The molecule has 1 N–H and O–H groups in total. The number of anilines is 1. The first-order valence-corrected chi connectivity index (χ1v) is 12.9. The minimum absolute atomic E-state index is 0.0289. The number of nitrogens with zero attached hydrogens (tertiary/aromatic N) is 1. The van der Waals surface area contributed by atoms with Crippen LogP contribution in [-0.2, 0) is 21.1 Å². The molecule has 0 aromatic heterocycles. The zero-order valence-corrected chi connectivity index (χ0v) is 20.9. The molecule has 3 aromatic rings. The fourth-order valence-electron chi connectivity index (χ4n) is 3.41. The normalized spacial score (nSPS) is 12.1. The van der Waals surface area contributed by atoms with Crippen LogP contribution in [0.15, 0.2) is 77.7 Å². The van der Waals surface area contributed by atoms with E-state index in [4.69, 9.17) is 11.6 Å². The van der Waals surface area contributed by atoms with Crippen molar-refractivity contribution in [1.29, 1.82) is 0 Å². The summed E-state index contributed by atoms with van der Waals surface area (Å²) < 4.78 is 23.8. The molecular weight excluding hydrogens is 472 g/mol. The van der Waals surface area contributed by atoms with Crippen molar-refractivity contribution in [3.05, 3.63) is 94.5 Å².